The van der Waals surface area contributed by atoms with Crippen LogP contribution in [-0.2, 0) is 64.4 Å². The van der Waals surface area contributed by atoms with Crippen LogP contribution in [-0.4, -0.2) is 132 Å². The largest absolute Gasteiger partial charge is 0.501 e. The van der Waals surface area contributed by atoms with E-state index in [1.54, 1.807) is 6.92 Å². The zero-order valence-corrected chi connectivity index (χ0v) is 43.2. The van der Waals surface area contributed by atoms with Crippen LogP contribution >= 0.6 is 37.0 Å². The first-order valence-corrected chi connectivity index (χ1v) is 30.2. The first kappa shape index (κ1) is 56.5. The minimum Gasteiger partial charge on any atom is -0.465 e. The molecule has 0 aromatic rings. The maximum Gasteiger partial charge on any atom is 0.501 e. The number of carbonyl (C=O) groups is 4. The van der Waals surface area contributed by atoms with Crippen LogP contribution in [0.25, 0.3) is 0 Å². The van der Waals surface area contributed by atoms with Crippen LogP contribution in [0, 0.1) is 16.2 Å². The van der Waals surface area contributed by atoms with Gasteiger partial charge >= 0.3 is 43.8 Å². The minimum atomic E-state index is -3.27. The van der Waals surface area contributed by atoms with Crippen molar-refractivity contribution in [1.29, 1.82) is 0 Å². The number of thioether (sulfide) groups is 1. The normalized spacial score (nSPS) is 22.3. The summed E-state index contributed by atoms with van der Waals surface area (Å²) >= 11 is 10.1. The molecule has 346 valence electrons. The molecule has 0 aromatic carbocycles. The monoisotopic (exact) mass is 948 g/mol. The molecule has 0 aromatic heterocycles. The summed E-state index contributed by atoms with van der Waals surface area (Å²) in [6.45, 7) is 19.9. The van der Waals surface area contributed by atoms with E-state index in [0.29, 0.717) is 75.5 Å². The summed E-state index contributed by atoms with van der Waals surface area (Å²) < 4.78 is 63.2. The van der Waals surface area contributed by atoms with Gasteiger partial charge in [-0.1, -0.05) is 32.5 Å². The third kappa shape index (κ3) is 21.6. The van der Waals surface area contributed by atoms with E-state index < -0.39 is 54.1 Å². The predicted molar refractivity (Wildman–Crippen MR) is 244 cm³/mol. The van der Waals surface area contributed by atoms with Gasteiger partial charge in [-0.2, -0.15) is 25.3 Å². The van der Waals surface area contributed by atoms with E-state index in [0.717, 1.165) is 18.2 Å². The Morgan fingerprint density at radius 3 is 1.58 bits per heavy atom. The van der Waals surface area contributed by atoms with Crippen LogP contribution in [0.3, 0.4) is 0 Å². The lowest BCUT2D eigenvalue weighted by atomic mass is 9.88. The van der Waals surface area contributed by atoms with Crippen LogP contribution in [0.15, 0.2) is 0 Å². The van der Waals surface area contributed by atoms with E-state index in [2.05, 4.69) is 31.8 Å². The molecule has 0 aliphatic carbocycles. The Morgan fingerprint density at radius 1 is 0.678 bits per heavy atom. The average Bonchev–Trinajstić information content (AvgIpc) is 3.20. The number of thiol groups is 2. The van der Waals surface area contributed by atoms with Crippen LogP contribution < -0.4 is 0 Å². The van der Waals surface area contributed by atoms with Crippen LogP contribution in [0.2, 0.25) is 31.2 Å². The van der Waals surface area contributed by atoms with Gasteiger partial charge < -0.3 is 45.2 Å². The molecule has 4 atom stereocenters. The molecule has 14 nitrogen and oxygen atoms in total. The molecule has 1 heterocycles. The van der Waals surface area contributed by atoms with Crippen molar-refractivity contribution in [2.75, 3.05) is 83.3 Å². The lowest BCUT2D eigenvalue weighted by Gasteiger charge is -2.45. The van der Waals surface area contributed by atoms with Gasteiger partial charge in [0, 0.05) is 102 Å². The topological polar surface area (TPSA) is 161 Å². The lowest BCUT2D eigenvalue weighted by molar-refractivity contribution is -0.152. The average molecular weight is 949 g/mol. The van der Waals surface area contributed by atoms with E-state index >= 15 is 0 Å². The van der Waals surface area contributed by atoms with Gasteiger partial charge in [-0.15, -0.1) is 0 Å². The molecule has 0 spiro atoms. The molecule has 1 rings (SSSR count). The molecular formula is C39H76O14S3Si3. The number of ether oxygens (including phenoxy) is 3. The van der Waals surface area contributed by atoms with Crippen molar-refractivity contribution >= 4 is 86.0 Å². The van der Waals surface area contributed by atoms with Crippen molar-refractivity contribution in [3.05, 3.63) is 0 Å². The van der Waals surface area contributed by atoms with Gasteiger partial charge in [0.25, 0.3) is 0 Å². The second kappa shape index (κ2) is 28.3. The summed E-state index contributed by atoms with van der Waals surface area (Å²) in [5, 5.41) is 0.0346. The van der Waals surface area contributed by atoms with E-state index in [9.17, 15) is 19.2 Å². The van der Waals surface area contributed by atoms with Gasteiger partial charge in [-0.25, -0.2) is 0 Å². The van der Waals surface area contributed by atoms with E-state index in [-0.39, 0.29) is 57.3 Å². The molecule has 1 fully saturated rings. The van der Waals surface area contributed by atoms with Crippen molar-refractivity contribution in [3.8, 4) is 0 Å². The molecule has 0 radical (unpaired) electrons. The Kier molecular flexibility index (Phi) is 27.1. The molecule has 0 N–H and O–H groups in total. The first-order valence-electron chi connectivity index (χ1n) is 21.0. The SMILES string of the molecule is CCO[Si](C)(CCCS)OCC(CC)(COC(C)=O)CO[Si](C)(CCCSC(C)=O)OCC(CC)(COC(C)=O)CO[Si]1(CCCS)OCC(CC)(COC(C)=O)CO1. The van der Waals surface area contributed by atoms with Gasteiger partial charge in [0.2, 0.25) is 0 Å². The Balaban J connectivity index is 3.49. The molecule has 1 aliphatic heterocycles. The number of rotatable bonds is 33. The van der Waals surface area contributed by atoms with Crippen molar-refractivity contribution in [1.82, 2.24) is 0 Å². The maximum absolute atomic E-state index is 12.3. The van der Waals surface area contributed by atoms with E-state index in [1.165, 1.54) is 32.5 Å². The number of esters is 3. The third-order valence-electron chi connectivity index (χ3n) is 10.8. The van der Waals surface area contributed by atoms with Crippen LogP contribution in [0.4, 0.5) is 0 Å². The minimum absolute atomic E-state index is 0.0258. The van der Waals surface area contributed by atoms with Crippen LogP contribution in [0.1, 0.15) is 93.9 Å². The van der Waals surface area contributed by atoms with Gasteiger partial charge in [-0.3, -0.25) is 19.2 Å². The Morgan fingerprint density at radius 2 is 1.15 bits per heavy atom. The molecule has 20 heteroatoms. The second-order valence-electron chi connectivity index (χ2n) is 16.1. The van der Waals surface area contributed by atoms with Gasteiger partial charge in [0.1, 0.15) is 19.8 Å². The summed E-state index contributed by atoms with van der Waals surface area (Å²) in [4.78, 5) is 47.9. The molecule has 1 aliphatic rings. The second-order valence-corrected chi connectivity index (χ2v) is 27.7. The zero-order chi connectivity index (χ0) is 44.6. The summed E-state index contributed by atoms with van der Waals surface area (Å²) in [6, 6.07) is 1.87. The fourth-order valence-corrected chi connectivity index (χ4v) is 15.5. The van der Waals surface area contributed by atoms with Crippen molar-refractivity contribution in [2.24, 2.45) is 16.2 Å². The number of carbonyl (C=O) groups excluding carboxylic acids is 4. The summed E-state index contributed by atoms with van der Waals surface area (Å²) in [5.41, 5.74) is -2.00. The molecule has 59 heavy (non-hydrogen) atoms. The fraction of sp³-hybridized carbons (Fsp3) is 0.897. The zero-order valence-electron chi connectivity index (χ0n) is 37.6. The molecule has 0 amide bonds. The maximum atomic E-state index is 12.3. The third-order valence-corrected chi connectivity index (χ3v) is 20.7. The highest BCUT2D eigenvalue weighted by Crippen LogP contribution is 2.37. The molecular weight excluding hydrogens is 873 g/mol. The van der Waals surface area contributed by atoms with Gasteiger partial charge in [0.15, 0.2) is 5.12 Å². The first-order chi connectivity index (χ1) is 27.8. The predicted octanol–water partition coefficient (Wildman–Crippen LogP) is 7.41. The fourth-order valence-electron chi connectivity index (χ4n) is 6.09. The quantitative estimate of drug-likeness (QED) is 0.0220. The summed E-state index contributed by atoms with van der Waals surface area (Å²) in [7, 11) is -8.95. The van der Waals surface area contributed by atoms with E-state index in [1.807, 2.05) is 34.2 Å². The molecule has 0 saturated carbocycles. The highest BCUT2D eigenvalue weighted by atomic mass is 32.2. The summed E-state index contributed by atoms with van der Waals surface area (Å²) in [6.07, 6.45) is 4.02. The van der Waals surface area contributed by atoms with Crippen molar-refractivity contribution in [2.45, 2.75) is 125 Å². The molecule has 1 saturated heterocycles. The highest BCUT2D eigenvalue weighted by Gasteiger charge is 2.52. The molecule has 4 unspecified atom stereocenters. The number of hydrogen-bond donors (Lipinski definition) is 2. The molecule has 0 bridgehead atoms. The Bertz CT molecular complexity index is 1270. The smallest absolute Gasteiger partial charge is 0.465 e. The van der Waals surface area contributed by atoms with E-state index in [4.69, 9.17) is 45.2 Å². The Labute approximate surface area is 373 Å². The van der Waals surface area contributed by atoms with Gasteiger partial charge in [-0.05, 0) is 82.1 Å². The Hall–Kier alpha value is -0.499. The lowest BCUT2D eigenvalue weighted by Crippen LogP contribution is -2.58. The van der Waals surface area contributed by atoms with Crippen LogP contribution in [0.5, 0.6) is 0 Å². The standard InChI is InChI=1S/C39H76O14S3Si3/c1-11-37(24-44-33(5)40,27-48-57(9,47-14-4)21-15-18-54)28-49-58(10,22-17-20-56-36(8)43)50-29-38(12-2,25-45-34(6)41)30-51-59(23-16-19-55)52-31-39(13-3,32-53-59)26-46-35(7)42/h54-55H,11-32H2,1-10H3. The highest BCUT2D eigenvalue weighted by molar-refractivity contribution is 8.13. The van der Waals surface area contributed by atoms with Crippen molar-refractivity contribution < 1.29 is 64.4 Å². The summed E-state index contributed by atoms with van der Waals surface area (Å²) in [5.74, 6) is 0.739. The van der Waals surface area contributed by atoms with Crippen molar-refractivity contribution in [3.63, 3.8) is 0 Å². The van der Waals surface area contributed by atoms with Gasteiger partial charge in [0.05, 0.1) is 0 Å². The number of hydrogen-bond acceptors (Lipinski definition) is 17.